The van der Waals surface area contributed by atoms with Crippen LogP contribution in [0.2, 0.25) is 0 Å². The number of hydrogen-bond acceptors (Lipinski definition) is 3. The molecule has 1 saturated carbocycles. The van der Waals surface area contributed by atoms with E-state index in [1.54, 1.807) is 0 Å². The van der Waals surface area contributed by atoms with Crippen molar-refractivity contribution in [1.29, 1.82) is 0 Å². The Hall–Kier alpha value is -1.75. The van der Waals surface area contributed by atoms with Crippen LogP contribution in [0.3, 0.4) is 0 Å². The molecular formula is C14H22N4O. The summed E-state index contributed by atoms with van der Waals surface area (Å²) in [7, 11) is 4.10. The van der Waals surface area contributed by atoms with E-state index in [1.165, 1.54) is 0 Å². The van der Waals surface area contributed by atoms with Gasteiger partial charge in [-0.25, -0.2) is 4.79 Å². The van der Waals surface area contributed by atoms with Crippen LogP contribution in [0.25, 0.3) is 0 Å². The minimum absolute atomic E-state index is 0.115. The van der Waals surface area contributed by atoms with E-state index in [9.17, 15) is 4.79 Å². The summed E-state index contributed by atoms with van der Waals surface area (Å²) in [5.41, 5.74) is 1.88. The number of anilines is 2. The zero-order chi connectivity index (χ0) is 13.7. The Morgan fingerprint density at radius 2 is 1.84 bits per heavy atom. The van der Waals surface area contributed by atoms with Crippen LogP contribution in [0, 0.1) is 0 Å². The molecule has 0 atom stereocenters. The Morgan fingerprint density at radius 3 is 2.42 bits per heavy atom. The first-order valence-corrected chi connectivity index (χ1v) is 6.69. The molecule has 1 aliphatic carbocycles. The van der Waals surface area contributed by atoms with Crippen molar-refractivity contribution in [3.63, 3.8) is 0 Å². The fourth-order valence-corrected chi connectivity index (χ4v) is 1.68. The second-order valence-electron chi connectivity index (χ2n) is 5.18. The molecule has 3 N–H and O–H groups in total. The summed E-state index contributed by atoms with van der Waals surface area (Å²) in [5.74, 6) is 0. The lowest BCUT2D eigenvalue weighted by Crippen LogP contribution is -2.30. The predicted molar refractivity (Wildman–Crippen MR) is 78.7 cm³/mol. The van der Waals surface area contributed by atoms with Crippen molar-refractivity contribution in [2.45, 2.75) is 18.9 Å². The molecule has 0 radical (unpaired) electrons. The molecule has 0 saturated heterocycles. The first-order valence-electron chi connectivity index (χ1n) is 6.69. The molecule has 0 heterocycles. The summed E-state index contributed by atoms with van der Waals surface area (Å²) < 4.78 is 0. The third-order valence-electron chi connectivity index (χ3n) is 2.94. The Bertz CT molecular complexity index is 412. The molecule has 2 rings (SSSR count). The molecule has 1 fully saturated rings. The van der Waals surface area contributed by atoms with Crippen molar-refractivity contribution < 1.29 is 4.79 Å². The number of amides is 2. The van der Waals surface area contributed by atoms with Crippen molar-refractivity contribution in [2.75, 3.05) is 37.8 Å². The van der Waals surface area contributed by atoms with Crippen LogP contribution in [0.15, 0.2) is 24.3 Å². The van der Waals surface area contributed by atoms with E-state index in [1.807, 2.05) is 38.4 Å². The second kappa shape index (κ2) is 6.43. The highest BCUT2D eigenvalue weighted by molar-refractivity contribution is 5.89. The SMILES string of the molecule is CN(C)CCNc1ccc(NC(=O)NC2CC2)cc1. The van der Waals surface area contributed by atoms with Gasteiger partial charge in [-0.3, -0.25) is 0 Å². The summed E-state index contributed by atoms with van der Waals surface area (Å²) in [4.78, 5) is 13.7. The van der Waals surface area contributed by atoms with Crippen molar-refractivity contribution in [3.05, 3.63) is 24.3 Å². The molecule has 104 valence electrons. The summed E-state index contributed by atoms with van der Waals surface area (Å²) in [5, 5.41) is 9.05. The van der Waals surface area contributed by atoms with E-state index in [0.717, 1.165) is 37.3 Å². The smallest absolute Gasteiger partial charge is 0.319 e. The van der Waals surface area contributed by atoms with E-state index in [-0.39, 0.29) is 6.03 Å². The first kappa shape index (κ1) is 13.7. The molecule has 5 nitrogen and oxygen atoms in total. The molecule has 0 unspecified atom stereocenters. The molecule has 5 heteroatoms. The Kier molecular flexibility index (Phi) is 4.63. The quantitative estimate of drug-likeness (QED) is 0.734. The molecule has 1 aliphatic rings. The molecule has 19 heavy (non-hydrogen) atoms. The van der Waals surface area contributed by atoms with Crippen LogP contribution < -0.4 is 16.0 Å². The average Bonchev–Trinajstić information content (AvgIpc) is 3.14. The zero-order valence-electron chi connectivity index (χ0n) is 11.6. The molecular weight excluding hydrogens is 240 g/mol. The molecule has 0 spiro atoms. The van der Waals surface area contributed by atoms with Gasteiger partial charge in [-0.2, -0.15) is 0 Å². The Morgan fingerprint density at radius 1 is 1.21 bits per heavy atom. The van der Waals surface area contributed by atoms with E-state index in [2.05, 4.69) is 20.9 Å². The van der Waals surface area contributed by atoms with Crippen molar-refractivity contribution >= 4 is 17.4 Å². The van der Waals surface area contributed by atoms with Gasteiger partial charge < -0.3 is 20.9 Å². The van der Waals surface area contributed by atoms with Crippen LogP contribution in [-0.2, 0) is 0 Å². The van der Waals surface area contributed by atoms with Crippen LogP contribution in [-0.4, -0.2) is 44.2 Å². The first-order chi connectivity index (χ1) is 9.13. The highest BCUT2D eigenvalue weighted by Gasteiger charge is 2.23. The summed E-state index contributed by atoms with van der Waals surface area (Å²) in [6.07, 6.45) is 2.20. The van der Waals surface area contributed by atoms with Crippen LogP contribution >= 0.6 is 0 Å². The van der Waals surface area contributed by atoms with Gasteiger partial charge in [0.1, 0.15) is 0 Å². The van der Waals surface area contributed by atoms with E-state index in [0.29, 0.717) is 6.04 Å². The number of urea groups is 1. The molecule has 1 aromatic rings. The maximum Gasteiger partial charge on any atom is 0.319 e. The number of carbonyl (C=O) groups is 1. The standard InChI is InChI=1S/C14H22N4O/c1-18(2)10-9-15-11-3-5-12(6-4-11)16-14(19)17-13-7-8-13/h3-6,13,15H,7-10H2,1-2H3,(H2,16,17,19). The van der Waals surface area contributed by atoms with E-state index < -0.39 is 0 Å². The third-order valence-corrected chi connectivity index (χ3v) is 2.94. The van der Waals surface area contributed by atoms with Gasteiger partial charge in [0.05, 0.1) is 0 Å². The summed E-state index contributed by atoms with van der Waals surface area (Å²) >= 11 is 0. The topological polar surface area (TPSA) is 56.4 Å². The lowest BCUT2D eigenvalue weighted by Gasteiger charge is -2.12. The van der Waals surface area contributed by atoms with E-state index >= 15 is 0 Å². The van der Waals surface area contributed by atoms with Gasteiger partial charge >= 0.3 is 6.03 Å². The lowest BCUT2D eigenvalue weighted by molar-refractivity contribution is 0.251. The fourth-order valence-electron chi connectivity index (χ4n) is 1.68. The molecule has 1 aromatic carbocycles. The third kappa shape index (κ3) is 5.18. The normalized spacial score (nSPS) is 14.3. The average molecular weight is 262 g/mol. The second-order valence-corrected chi connectivity index (χ2v) is 5.18. The van der Waals surface area contributed by atoms with Gasteiger partial charge in [0.2, 0.25) is 0 Å². The number of hydrogen-bond donors (Lipinski definition) is 3. The maximum atomic E-state index is 11.6. The largest absolute Gasteiger partial charge is 0.384 e. The highest BCUT2D eigenvalue weighted by atomic mass is 16.2. The maximum absolute atomic E-state index is 11.6. The number of rotatable bonds is 6. The van der Waals surface area contributed by atoms with Crippen molar-refractivity contribution in [2.24, 2.45) is 0 Å². The van der Waals surface area contributed by atoms with Gasteiger partial charge in [0.15, 0.2) is 0 Å². The molecule has 0 aliphatic heterocycles. The number of carbonyl (C=O) groups excluding carboxylic acids is 1. The van der Waals surface area contributed by atoms with Gasteiger partial charge in [0.25, 0.3) is 0 Å². The number of nitrogens with zero attached hydrogens (tertiary/aromatic N) is 1. The zero-order valence-corrected chi connectivity index (χ0v) is 11.6. The van der Waals surface area contributed by atoms with Gasteiger partial charge in [-0.1, -0.05) is 0 Å². The Balaban J connectivity index is 1.75. The molecule has 0 aromatic heterocycles. The Labute approximate surface area is 114 Å². The number of likely N-dealkylation sites (N-methyl/N-ethyl adjacent to an activating group) is 1. The minimum Gasteiger partial charge on any atom is -0.384 e. The molecule has 2 amide bonds. The summed E-state index contributed by atoms with van der Waals surface area (Å²) in [6, 6.07) is 8.03. The van der Waals surface area contributed by atoms with Crippen LogP contribution in [0.4, 0.5) is 16.2 Å². The van der Waals surface area contributed by atoms with Crippen molar-refractivity contribution in [3.8, 4) is 0 Å². The van der Waals surface area contributed by atoms with E-state index in [4.69, 9.17) is 0 Å². The fraction of sp³-hybridized carbons (Fsp3) is 0.500. The van der Waals surface area contributed by atoms with Crippen LogP contribution in [0.5, 0.6) is 0 Å². The number of nitrogens with one attached hydrogen (secondary N) is 3. The van der Waals surface area contributed by atoms with Gasteiger partial charge in [-0.05, 0) is 51.2 Å². The van der Waals surface area contributed by atoms with Gasteiger partial charge in [-0.15, -0.1) is 0 Å². The molecule has 0 bridgehead atoms. The minimum atomic E-state index is -0.115. The predicted octanol–water partition coefficient (Wildman–Crippen LogP) is 1.94. The highest BCUT2D eigenvalue weighted by Crippen LogP contribution is 2.19. The summed E-state index contributed by atoms with van der Waals surface area (Å²) in [6.45, 7) is 1.89. The monoisotopic (exact) mass is 262 g/mol. The van der Waals surface area contributed by atoms with Crippen LogP contribution in [0.1, 0.15) is 12.8 Å². The van der Waals surface area contributed by atoms with Gasteiger partial charge in [0, 0.05) is 30.5 Å². The van der Waals surface area contributed by atoms with Crippen molar-refractivity contribution in [1.82, 2.24) is 10.2 Å². The number of benzene rings is 1. The lowest BCUT2D eigenvalue weighted by atomic mass is 10.3.